The van der Waals surface area contributed by atoms with Crippen LogP contribution in [0.2, 0.25) is 0 Å². The molecule has 1 N–H and O–H groups in total. The summed E-state index contributed by atoms with van der Waals surface area (Å²) in [6, 6.07) is 0. The Hall–Kier alpha value is -1.97. The third-order valence-electron chi connectivity index (χ3n) is 6.95. The lowest BCUT2D eigenvalue weighted by Gasteiger charge is -2.40. The van der Waals surface area contributed by atoms with E-state index in [1.807, 2.05) is 11.8 Å². The summed E-state index contributed by atoms with van der Waals surface area (Å²) in [6.45, 7) is 0.420. The highest BCUT2D eigenvalue weighted by atomic mass is 32.2. The smallest absolute Gasteiger partial charge is 0.351 e. The first kappa shape index (κ1) is 20.0. The number of rotatable bonds is 4. The Morgan fingerprint density at radius 2 is 2.13 bits per heavy atom. The summed E-state index contributed by atoms with van der Waals surface area (Å²) in [5.74, 6) is 3.80. The van der Waals surface area contributed by atoms with E-state index < -0.39 is 23.3 Å². The van der Waals surface area contributed by atoms with Crippen LogP contribution in [0.4, 0.5) is 13.2 Å². The first-order valence-electron chi connectivity index (χ1n) is 10.2. The fourth-order valence-corrected chi connectivity index (χ4v) is 7.34. The summed E-state index contributed by atoms with van der Waals surface area (Å²) in [6.07, 6.45) is 4.15. The van der Waals surface area contributed by atoms with Crippen LogP contribution in [0.1, 0.15) is 41.7 Å². The van der Waals surface area contributed by atoms with Gasteiger partial charge in [0.05, 0.1) is 5.56 Å². The standard InChI is InChI=1S/C20H24F3N5OS/c1-27-3-2-24-18(27)28-8-15(16(26-28)20(21,22)23)17(29)25-10-19-6-12-4-13(7-19)14(5-12)9-30-11-19/h2-3,8,12-14H,4-7,9-11H2,1H3,(H,25,29). The monoisotopic (exact) mass is 439 g/mol. The molecule has 2 aliphatic carbocycles. The third-order valence-corrected chi connectivity index (χ3v) is 8.43. The summed E-state index contributed by atoms with van der Waals surface area (Å²) < 4.78 is 43.3. The van der Waals surface area contributed by atoms with Gasteiger partial charge in [-0.25, -0.2) is 9.67 Å². The van der Waals surface area contributed by atoms with E-state index in [4.69, 9.17) is 0 Å². The molecule has 4 atom stereocenters. The lowest BCUT2D eigenvalue weighted by molar-refractivity contribution is -0.141. The van der Waals surface area contributed by atoms with Crippen molar-refractivity contribution >= 4 is 17.7 Å². The zero-order valence-electron chi connectivity index (χ0n) is 16.7. The molecular weight excluding hydrogens is 415 g/mol. The molecule has 30 heavy (non-hydrogen) atoms. The average Bonchev–Trinajstić information content (AvgIpc) is 3.34. The van der Waals surface area contributed by atoms with E-state index in [-0.39, 0.29) is 11.4 Å². The van der Waals surface area contributed by atoms with Crippen LogP contribution in [0.5, 0.6) is 0 Å². The molecule has 3 heterocycles. The van der Waals surface area contributed by atoms with Crippen LogP contribution in [-0.2, 0) is 13.2 Å². The van der Waals surface area contributed by atoms with Crippen LogP contribution in [0, 0.1) is 23.2 Å². The van der Waals surface area contributed by atoms with Crippen LogP contribution in [0.15, 0.2) is 18.6 Å². The summed E-state index contributed by atoms with van der Waals surface area (Å²) in [5.41, 5.74) is -1.65. The molecule has 2 aromatic rings. The molecule has 5 rings (SSSR count). The van der Waals surface area contributed by atoms with Crippen molar-refractivity contribution in [1.29, 1.82) is 0 Å². The largest absolute Gasteiger partial charge is 0.435 e. The number of amides is 1. The Balaban J connectivity index is 1.38. The highest BCUT2D eigenvalue weighted by Gasteiger charge is 2.50. The first-order chi connectivity index (χ1) is 14.2. The molecule has 0 aromatic carbocycles. The van der Waals surface area contributed by atoms with Gasteiger partial charge >= 0.3 is 6.18 Å². The van der Waals surface area contributed by atoms with Gasteiger partial charge in [0.2, 0.25) is 5.95 Å². The Bertz CT molecular complexity index is 970. The number of carbonyl (C=O) groups is 1. The number of aryl methyl sites for hydroxylation is 1. The lowest BCUT2D eigenvalue weighted by atomic mass is 9.69. The van der Waals surface area contributed by atoms with Crippen LogP contribution in [-0.4, -0.2) is 43.3 Å². The summed E-state index contributed by atoms with van der Waals surface area (Å²) in [7, 11) is 1.66. The van der Waals surface area contributed by atoms with Crippen LogP contribution >= 0.6 is 11.8 Å². The van der Waals surface area contributed by atoms with E-state index in [0.717, 1.165) is 35.4 Å². The second-order valence-corrected chi connectivity index (χ2v) is 10.2. The van der Waals surface area contributed by atoms with Crippen molar-refractivity contribution in [2.24, 2.45) is 30.2 Å². The molecule has 1 aliphatic heterocycles. The molecule has 2 saturated carbocycles. The third kappa shape index (κ3) is 3.42. The minimum Gasteiger partial charge on any atom is -0.351 e. The number of imidazole rings is 1. The fraction of sp³-hybridized carbons (Fsp3) is 0.650. The van der Waals surface area contributed by atoms with Crippen molar-refractivity contribution in [2.75, 3.05) is 18.1 Å². The van der Waals surface area contributed by atoms with Gasteiger partial charge in [0, 0.05) is 37.9 Å². The number of carbonyl (C=O) groups excluding carboxylic acids is 1. The minimum absolute atomic E-state index is 0.00672. The van der Waals surface area contributed by atoms with E-state index in [1.54, 1.807) is 17.8 Å². The normalized spacial score (nSPS) is 30.5. The predicted molar refractivity (Wildman–Crippen MR) is 106 cm³/mol. The number of alkyl halides is 3. The topological polar surface area (TPSA) is 64.7 Å². The van der Waals surface area contributed by atoms with Crippen molar-refractivity contribution in [1.82, 2.24) is 24.6 Å². The van der Waals surface area contributed by atoms with E-state index in [0.29, 0.717) is 18.4 Å². The number of hydrogen-bond acceptors (Lipinski definition) is 4. The number of nitrogens with zero attached hydrogens (tertiary/aromatic N) is 4. The maximum Gasteiger partial charge on any atom is 0.435 e. The summed E-state index contributed by atoms with van der Waals surface area (Å²) in [5, 5.41) is 6.47. The molecule has 3 bridgehead atoms. The van der Waals surface area contributed by atoms with E-state index in [2.05, 4.69) is 15.4 Å². The molecule has 0 radical (unpaired) electrons. The Kier molecular flexibility index (Phi) is 4.68. The van der Waals surface area contributed by atoms with Gasteiger partial charge in [-0.2, -0.15) is 30.0 Å². The fourth-order valence-electron chi connectivity index (χ4n) is 5.74. The van der Waals surface area contributed by atoms with Gasteiger partial charge in [-0.1, -0.05) is 0 Å². The van der Waals surface area contributed by atoms with Crippen molar-refractivity contribution in [3.8, 4) is 5.95 Å². The second-order valence-electron chi connectivity index (χ2n) is 9.14. The van der Waals surface area contributed by atoms with Gasteiger partial charge in [0.1, 0.15) is 0 Å². The Labute approximate surface area is 176 Å². The zero-order chi connectivity index (χ0) is 21.1. The SMILES string of the molecule is Cn1ccnc1-n1cc(C(=O)NCC23CSCC4CC(CC4C2)C3)c(C(F)(F)F)n1. The Morgan fingerprint density at radius 1 is 1.33 bits per heavy atom. The predicted octanol–water partition coefficient (Wildman–Crippen LogP) is 3.52. The number of aromatic nitrogens is 4. The van der Waals surface area contributed by atoms with Gasteiger partial charge < -0.3 is 9.88 Å². The highest BCUT2D eigenvalue weighted by Crippen LogP contribution is 2.57. The molecule has 3 aliphatic rings. The van der Waals surface area contributed by atoms with Crippen molar-refractivity contribution in [3.63, 3.8) is 0 Å². The zero-order valence-corrected chi connectivity index (χ0v) is 17.5. The van der Waals surface area contributed by atoms with E-state index >= 15 is 0 Å². The maximum atomic E-state index is 13.6. The maximum absolute atomic E-state index is 13.6. The lowest BCUT2D eigenvalue weighted by Crippen LogP contribution is -2.43. The molecule has 4 unspecified atom stereocenters. The van der Waals surface area contributed by atoms with Crippen LogP contribution in [0.25, 0.3) is 5.95 Å². The number of hydrogen-bond donors (Lipinski definition) is 1. The summed E-state index contributed by atoms with van der Waals surface area (Å²) >= 11 is 1.94. The molecule has 2 aromatic heterocycles. The number of fused-ring (bicyclic) bond motifs is 2. The minimum atomic E-state index is -4.73. The molecule has 1 saturated heterocycles. The second kappa shape index (κ2) is 7.03. The summed E-state index contributed by atoms with van der Waals surface area (Å²) in [4.78, 5) is 16.9. The van der Waals surface area contributed by atoms with Crippen molar-refractivity contribution in [2.45, 2.75) is 31.9 Å². The highest BCUT2D eigenvalue weighted by molar-refractivity contribution is 7.99. The van der Waals surface area contributed by atoms with Crippen LogP contribution < -0.4 is 5.32 Å². The first-order valence-corrected chi connectivity index (χ1v) is 11.4. The van der Waals surface area contributed by atoms with Gasteiger partial charge in [-0.3, -0.25) is 4.79 Å². The van der Waals surface area contributed by atoms with Crippen LogP contribution in [0.3, 0.4) is 0 Å². The van der Waals surface area contributed by atoms with Gasteiger partial charge in [0.25, 0.3) is 5.91 Å². The number of nitrogens with one attached hydrogen (secondary N) is 1. The van der Waals surface area contributed by atoms with Gasteiger partial charge in [0.15, 0.2) is 5.69 Å². The average molecular weight is 440 g/mol. The molecule has 162 valence electrons. The molecular formula is C20H24F3N5OS. The molecule has 6 nitrogen and oxygen atoms in total. The van der Waals surface area contributed by atoms with E-state index in [9.17, 15) is 18.0 Å². The van der Waals surface area contributed by atoms with Gasteiger partial charge in [-0.15, -0.1) is 0 Å². The van der Waals surface area contributed by atoms with Crippen molar-refractivity contribution < 1.29 is 18.0 Å². The Morgan fingerprint density at radius 3 is 2.87 bits per heavy atom. The molecule has 0 spiro atoms. The number of thioether (sulfide) groups is 1. The van der Waals surface area contributed by atoms with Gasteiger partial charge in [-0.05, 0) is 54.6 Å². The number of halogens is 3. The molecule has 3 fully saturated rings. The molecule has 10 heteroatoms. The van der Waals surface area contributed by atoms with E-state index in [1.165, 1.54) is 24.8 Å². The van der Waals surface area contributed by atoms with Crippen molar-refractivity contribution in [3.05, 3.63) is 29.8 Å². The quantitative estimate of drug-likeness (QED) is 0.792. The molecule has 1 amide bonds.